The number of carbonyl (C=O) groups is 3. The van der Waals surface area contributed by atoms with Crippen LogP contribution in [0.4, 0.5) is 17.1 Å². The van der Waals surface area contributed by atoms with Crippen molar-refractivity contribution in [1.82, 2.24) is 5.32 Å². The number of aryl methyl sites for hydroxylation is 1. The van der Waals surface area contributed by atoms with E-state index in [0.717, 1.165) is 5.56 Å². The van der Waals surface area contributed by atoms with Crippen LogP contribution in [0, 0.1) is 0 Å². The molecule has 0 saturated heterocycles. The van der Waals surface area contributed by atoms with Crippen molar-refractivity contribution in [2.75, 3.05) is 29.5 Å². The molecule has 0 spiro atoms. The summed E-state index contributed by atoms with van der Waals surface area (Å²) in [6, 6.07) is 23.7. The first kappa shape index (κ1) is 22.6. The molecule has 3 aromatic rings. The molecule has 4 N–H and O–H groups in total. The fraction of sp³-hybridized carbons (Fsp3) is 0.160. The van der Waals surface area contributed by atoms with Gasteiger partial charge in [0.2, 0.25) is 11.8 Å². The van der Waals surface area contributed by atoms with E-state index in [-0.39, 0.29) is 24.3 Å². The third kappa shape index (κ3) is 6.98. The summed E-state index contributed by atoms with van der Waals surface area (Å²) in [7, 11) is 1.57. The van der Waals surface area contributed by atoms with Crippen LogP contribution in [0.5, 0.6) is 0 Å². The first-order valence-corrected chi connectivity index (χ1v) is 10.3. The molecule has 3 amide bonds. The predicted octanol–water partition coefficient (Wildman–Crippen LogP) is 3.67. The van der Waals surface area contributed by atoms with Gasteiger partial charge in [-0.25, -0.2) is 0 Å². The van der Waals surface area contributed by atoms with E-state index in [1.807, 2.05) is 30.3 Å². The Morgan fingerprint density at radius 3 is 2.03 bits per heavy atom. The highest BCUT2D eigenvalue weighted by molar-refractivity contribution is 5.96. The molecule has 0 aliphatic heterocycles. The first-order valence-electron chi connectivity index (χ1n) is 10.3. The molecule has 0 fully saturated rings. The third-order valence-corrected chi connectivity index (χ3v) is 4.74. The number of anilines is 3. The van der Waals surface area contributed by atoms with E-state index < -0.39 is 0 Å². The summed E-state index contributed by atoms with van der Waals surface area (Å²) >= 11 is 0. The molecule has 0 bridgehead atoms. The van der Waals surface area contributed by atoms with Crippen LogP contribution in [0.25, 0.3) is 0 Å². The molecule has 0 aliphatic carbocycles. The van der Waals surface area contributed by atoms with Crippen molar-refractivity contribution < 1.29 is 14.4 Å². The summed E-state index contributed by atoms with van der Waals surface area (Å²) in [6.07, 6.45) is 1.08. The van der Waals surface area contributed by atoms with Gasteiger partial charge in [-0.3, -0.25) is 14.4 Å². The van der Waals surface area contributed by atoms with Crippen LogP contribution in [0.1, 0.15) is 22.3 Å². The van der Waals surface area contributed by atoms with Crippen molar-refractivity contribution in [1.29, 1.82) is 0 Å². The van der Waals surface area contributed by atoms with Gasteiger partial charge in [0.15, 0.2) is 0 Å². The monoisotopic (exact) mass is 430 g/mol. The molecule has 7 nitrogen and oxygen atoms in total. The SMILES string of the molecule is CNC(=O)c1cccc(NCC(=O)Nc2ccc(NC(=O)CCc3ccccc3)cc2)c1. The lowest BCUT2D eigenvalue weighted by Gasteiger charge is -2.10. The van der Waals surface area contributed by atoms with Crippen LogP contribution < -0.4 is 21.3 Å². The minimum absolute atomic E-state index is 0.0508. The number of carbonyl (C=O) groups excluding carboxylic acids is 3. The zero-order valence-corrected chi connectivity index (χ0v) is 17.9. The molecular weight excluding hydrogens is 404 g/mol. The number of hydrogen-bond donors (Lipinski definition) is 4. The van der Waals surface area contributed by atoms with E-state index in [9.17, 15) is 14.4 Å². The maximum atomic E-state index is 12.2. The number of rotatable bonds is 9. The largest absolute Gasteiger partial charge is 0.376 e. The normalized spacial score (nSPS) is 10.2. The molecule has 0 saturated carbocycles. The first-order chi connectivity index (χ1) is 15.5. The van der Waals surface area contributed by atoms with Crippen LogP contribution in [0.3, 0.4) is 0 Å². The van der Waals surface area contributed by atoms with Crippen molar-refractivity contribution in [2.24, 2.45) is 0 Å². The van der Waals surface area contributed by atoms with Crippen LogP contribution in [-0.2, 0) is 16.0 Å². The smallest absolute Gasteiger partial charge is 0.251 e. The van der Waals surface area contributed by atoms with Crippen LogP contribution >= 0.6 is 0 Å². The number of amides is 3. The van der Waals surface area contributed by atoms with E-state index in [4.69, 9.17) is 0 Å². The van der Waals surface area contributed by atoms with E-state index in [1.54, 1.807) is 55.6 Å². The molecule has 7 heteroatoms. The van der Waals surface area contributed by atoms with Gasteiger partial charge in [0.25, 0.3) is 5.91 Å². The second kappa shape index (κ2) is 11.3. The quantitative estimate of drug-likeness (QED) is 0.416. The molecule has 3 aromatic carbocycles. The molecule has 0 aliphatic rings. The molecule has 0 unspecified atom stereocenters. The number of nitrogens with one attached hydrogen (secondary N) is 4. The lowest BCUT2D eigenvalue weighted by atomic mass is 10.1. The van der Waals surface area contributed by atoms with Gasteiger partial charge in [0, 0.05) is 36.1 Å². The summed E-state index contributed by atoms with van der Waals surface area (Å²) in [5.41, 5.74) is 3.60. The van der Waals surface area contributed by atoms with Crippen LogP contribution in [-0.4, -0.2) is 31.3 Å². The highest BCUT2D eigenvalue weighted by Gasteiger charge is 2.07. The highest BCUT2D eigenvalue weighted by atomic mass is 16.2. The van der Waals surface area contributed by atoms with E-state index in [2.05, 4.69) is 21.3 Å². The lowest BCUT2D eigenvalue weighted by Crippen LogP contribution is -2.22. The number of benzene rings is 3. The Kier molecular flexibility index (Phi) is 7.97. The Morgan fingerprint density at radius 1 is 0.719 bits per heavy atom. The van der Waals surface area contributed by atoms with Crippen molar-refractivity contribution in [3.63, 3.8) is 0 Å². The summed E-state index contributed by atoms with van der Waals surface area (Å²) < 4.78 is 0. The highest BCUT2D eigenvalue weighted by Crippen LogP contribution is 2.15. The molecule has 0 aromatic heterocycles. The van der Waals surface area contributed by atoms with Crippen molar-refractivity contribution in [3.8, 4) is 0 Å². The Labute approximate surface area is 187 Å². The maximum absolute atomic E-state index is 12.2. The second-order valence-corrected chi connectivity index (χ2v) is 7.17. The van der Waals surface area contributed by atoms with Gasteiger partial charge in [-0.05, 0) is 54.4 Å². The Balaban J connectivity index is 1.44. The molecular formula is C25H26N4O3. The average Bonchev–Trinajstić information content (AvgIpc) is 2.83. The van der Waals surface area contributed by atoms with E-state index in [1.165, 1.54) is 0 Å². The molecule has 0 atom stereocenters. The van der Waals surface area contributed by atoms with Crippen LogP contribution in [0.2, 0.25) is 0 Å². The summed E-state index contributed by atoms with van der Waals surface area (Å²) in [5.74, 6) is -0.478. The van der Waals surface area contributed by atoms with Gasteiger partial charge >= 0.3 is 0 Å². The summed E-state index contributed by atoms with van der Waals surface area (Å²) in [6.45, 7) is 0.0508. The molecule has 0 radical (unpaired) electrons. The average molecular weight is 431 g/mol. The Hall–Kier alpha value is -4.13. The lowest BCUT2D eigenvalue weighted by molar-refractivity contribution is -0.116. The molecule has 164 valence electrons. The predicted molar refractivity (Wildman–Crippen MR) is 127 cm³/mol. The zero-order chi connectivity index (χ0) is 22.8. The zero-order valence-electron chi connectivity index (χ0n) is 17.9. The van der Waals surface area contributed by atoms with E-state index >= 15 is 0 Å². The molecule has 0 heterocycles. The fourth-order valence-electron chi connectivity index (χ4n) is 3.07. The van der Waals surface area contributed by atoms with Gasteiger partial charge in [-0.1, -0.05) is 36.4 Å². The van der Waals surface area contributed by atoms with Crippen molar-refractivity contribution in [2.45, 2.75) is 12.8 Å². The Bertz CT molecular complexity index is 1070. The Morgan fingerprint density at radius 2 is 1.38 bits per heavy atom. The number of hydrogen-bond acceptors (Lipinski definition) is 4. The fourth-order valence-corrected chi connectivity index (χ4v) is 3.07. The van der Waals surface area contributed by atoms with Crippen LogP contribution in [0.15, 0.2) is 78.9 Å². The summed E-state index contributed by atoms with van der Waals surface area (Å²) in [4.78, 5) is 36.1. The van der Waals surface area contributed by atoms with Gasteiger partial charge in [-0.15, -0.1) is 0 Å². The summed E-state index contributed by atoms with van der Waals surface area (Å²) in [5, 5.41) is 11.2. The van der Waals surface area contributed by atoms with E-state index in [0.29, 0.717) is 35.5 Å². The third-order valence-electron chi connectivity index (χ3n) is 4.74. The molecule has 32 heavy (non-hydrogen) atoms. The van der Waals surface area contributed by atoms with Crippen molar-refractivity contribution >= 4 is 34.8 Å². The topological polar surface area (TPSA) is 99.3 Å². The maximum Gasteiger partial charge on any atom is 0.251 e. The van der Waals surface area contributed by atoms with Gasteiger partial charge in [0.05, 0.1) is 6.54 Å². The van der Waals surface area contributed by atoms with Gasteiger partial charge in [0.1, 0.15) is 0 Å². The second-order valence-electron chi connectivity index (χ2n) is 7.17. The standard InChI is InChI=1S/C25H26N4O3/c1-26-25(32)19-8-5-9-22(16-19)27-17-24(31)29-21-13-11-20(12-14-21)28-23(30)15-10-18-6-3-2-4-7-18/h2-9,11-14,16,27H,10,15,17H2,1H3,(H,26,32)(H,28,30)(H,29,31). The minimum atomic E-state index is -0.227. The van der Waals surface area contributed by atoms with Gasteiger partial charge in [-0.2, -0.15) is 0 Å². The van der Waals surface area contributed by atoms with Crippen molar-refractivity contribution in [3.05, 3.63) is 90.0 Å². The molecule has 3 rings (SSSR count). The minimum Gasteiger partial charge on any atom is -0.376 e. The van der Waals surface area contributed by atoms with Gasteiger partial charge < -0.3 is 21.3 Å².